The van der Waals surface area contributed by atoms with Crippen LogP contribution in [0.1, 0.15) is 38.0 Å². The summed E-state index contributed by atoms with van der Waals surface area (Å²) in [5, 5.41) is 7.30. The van der Waals surface area contributed by atoms with E-state index < -0.39 is 0 Å². The van der Waals surface area contributed by atoms with Crippen molar-refractivity contribution >= 4 is 29.9 Å². The minimum atomic E-state index is -0.164. The first-order valence-electron chi connectivity index (χ1n) is 9.24. The van der Waals surface area contributed by atoms with Crippen LogP contribution < -0.4 is 14.8 Å². The van der Waals surface area contributed by atoms with Crippen LogP contribution in [-0.4, -0.2) is 55.9 Å². The Labute approximate surface area is 190 Å². The maximum absolute atomic E-state index is 5.37. The van der Waals surface area contributed by atoms with Crippen molar-refractivity contribution in [2.45, 2.75) is 39.2 Å². The molecule has 0 saturated heterocycles. The molecule has 9 heteroatoms. The van der Waals surface area contributed by atoms with Gasteiger partial charge in [-0.2, -0.15) is 4.98 Å². The van der Waals surface area contributed by atoms with E-state index in [0.717, 1.165) is 36.0 Å². The molecular formula is C20H32IN5O3. The van der Waals surface area contributed by atoms with E-state index in [1.54, 1.807) is 21.3 Å². The van der Waals surface area contributed by atoms with Crippen LogP contribution in [0.2, 0.25) is 0 Å². The number of nitrogens with one attached hydrogen (secondary N) is 1. The summed E-state index contributed by atoms with van der Waals surface area (Å²) >= 11 is 0. The Hall–Kier alpha value is -2.04. The molecule has 2 rings (SSSR count). The minimum Gasteiger partial charge on any atom is -0.493 e. The Balaban J connectivity index is 0.00000420. The molecule has 0 unspecified atom stereocenters. The predicted octanol–water partition coefficient (Wildman–Crippen LogP) is 3.25. The highest BCUT2D eigenvalue weighted by molar-refractivity contribution is 14.0. The normalized spacial score (nSPS) is 11.6. The van der Waals surface area contributed by atoms with Gasteiger partial charge in [0.25, 0.3) is 0 Å². The van der Waals surface area contributed by atoms with E-state index in [4.69, 9.17) is 14.0 Å². The van der Waals surface area contributed by atoms with E-state index in [0.29, 0.717) is 18.3 Å². The van der Waals surface area contributed by atoms with Gasteiger partial charge < -0.3 is 24.2 Å². The number of ether oxygens (including phenoxy) is 2. The lowest BCUT2D eigenvalue weighted by atomic mass is 9.97. The van der Waals surface area contributed by atoms with Crippen molar-refractivity contribution in [1.29, 1.82) is 0 Å². The Morgan fingerprint density at radius 3 is 2.45 bits per heavy atom. The summed E-state index contributed by atoms with van der Waals surface area (Å²) in [5.74, 6) is 3.46. The molecule has 1 aromatic heterocycles. The molecule has 2 aromatic rings. The SMILES string of the molecule is CN=C(NCc1noc(C(C)(C)C)n1)N(C)CCc1ccc(OC)c(OC)c1.I. The van der Waals surface area contributed by atoms with Crippen LogP contribution in [0.15, 0.2) is 27.7 Å². The van der Waals surface area contributed by atoms with E-state index in [-0.39, 0.29) is 29.4 Å². The summed E-state index contributed by atoms with van der Waals surface area (Å²) in [6, 6.07) is 5.96. The molecule has 0 aliphatic rings. The van der Waals surface area contributed by atoms with Gasteiger partial charge in [0.1, 0.15) is 0 Å². The van der Waals surface area contributed by atoms with Gasteiger partial charge >= 0.3 is 0 Å². The molecule has 29 heavy (non-hydrogen) atoms. The summed E-state index contributed by atoms with van der Waals surface area (Å²) in [7, 11) is 7.02. The molecule has 0 aliphatic carbocycles. The molecule has 0 radical (unpaired) electrons. The quantitative estimate of drug-likeness (QED) is 0.343. The Morgan fingerprint density at radius 2 is 1.90 bits per heavy atom. The standard InChI is InChI=1S/C20H31N5O3.HI/c1-20(2,3)18-23-17(24-28-18)13-22-19(21-4)25(5)11-10-14-8-9-15(26-6)16(12-14)27-7;/h8-9,12H,10-11,13H2,1-7H3,(H,21,22);1H. The van der Waals surface area contributed by atoms with E-state index in [9.17, 15) is 0 Å². The van der Waals surface area contributed by atoms with Gasteiger partial charge in [-0.05, 0) is 24.1 Å². The van der Waals surface area contributed by atoms with Crippen LogP contribution in [0.4, 0.5) is 0 Å². The Bertz CT molecular complexity index is 802. The topological polar surface area (TPSA) is 85.0 Å². The molecular weight excluding hydrogens is 485 g/mol. The van der Waals surface area contributed by atoms with E-state index in [1.165, 1.54) is 0 Å². The fourth-order valence-electron chi connectivity index (χ4n) is 2.61. The molecule has 0 bridgehead atoms. The van der Waals surface area contributed by atoms with Gasteiger partial charge in [0, 0.05) is 26.1 Å². The van der Waals surface area contributed by atoms with Gasteiger partial charge in [-0.15, -0.1) is 24.0 Å². The van der Waals surface area contributed by atoms with E-state index in [2.05, 4.69) is 25.3 Å². The number of hydrogen-bond acceptors (Lipinski definition) is 6. The van der Waals surface area contributed by atoms with E-state index in [1.807, 2.05) is 46.0 Å². The molecule has 8 nitrogen and oxygen atoms in total. The highest BCUT2D eigenvalue weighted by Crippen LogP contribution is 2.27. The first-order valence-corrected chi connectivity index (χ1v) is 9.24. The Kier molecular flexibility index (Phi) is 9.67. The highest BCUT2D eigenvalue weighted by atomic mass is 127. The third kappa shape index (κ3) is 7.06. The van der Waals surface area contributed by atoms with Crippen molar-refractivity contribution in [3.8, 4) is 11.5 Å². The van der Waals surface area contributed by atoms with Gasteiger partial charge in [-0.3, -0.25) is 4.99 Å². The molecule has 0 aliphatic heterocycles. The maximum atomic E-state index is 5.37. The van der Waals surface area contributed by atoms with Gasteiger partial charge in [0.15, 0.2) is 23.3 Å². The molecule has 0 atom stereocenters. The maximum Gasteiger partial charge on any atom is 0.232 e. The number of aromatic nitrogens is 2. The zero-order chi connectivity index (χ0) is 20.7. The third-order valence-electron chi connectivity index (χ3n) is 4.27. The van der Waals surface area contributed by atoms with Crippen LogP contribution in [0, 0.1) is 0 Å². The second-order valence-corrected chi connectivity index (χ2v) is 7.53. The van der Waals surface area contributed by atoms with Gasteiger partial charge in [-0.25, -0.2) is 0 Å². The molecule has 0 saturated carbocycles. The van der Waals surface area contributed by atoms with Crippen molar-refractivity contribution in [1.82, 2.24) is 20.4 Å². The monoisotopic (exact) mass is 517 g/mol. The lowest BCUT2D eigenvalue weighted by Crippen LogP contribution is -2.39. The number of aliphatic imine (C=N–C) groups is 1. The number of guanidine groups is 1. The number of likely N-dealkylation sites (N-methyl/N-ethyl adjacent to an activating group) is 1. The second-order valence-electron chi connectivity index (χ2n) is 7.53. The smallest absolute Gasteiger partial charge is 0.232 e. The summed E-state index contributed by atoms with van der Waals surface area (Å²) in [4.78, 5) is 10.8. The van der Waals surface area contributed by atoms with Crippen LogP contribution in [0.3, 0.4) is 0 Å². The average molecular weight is 517 g/mol. The van der Waals surface area contributed by atoms with E-state index >= 15 is 0 Å². The average Bonchev–Trinajstić information content (AvgIpc) is 3.16. The number of methoxy groups -OCH3 is 2. The van der Waals surface area contributed by atoms with Gasteiger partial charge in [0.2, 0.25) is 5.89 Å². The third-order valence-corrected chi connectivity index (χ3v) is 4.27. The molecule has 1 aromatic carbocycles. The molecule has 0 spiro atoms. The summed E-state index contributed by atoms with van der Waals surface area (Å²) < 4.78 is 16.0. The number of benzene rings is 1. The van der Waals surface area contributed by atoms with Crippen molar-refractivity contribution in [3.63, 3.8) is 0 Å². The summed E-state index contributed by atoms with van der Waals surface area (Å²) in [6.45, 7) is 7.36. The number of rotatable bonds is 7. The molecule has 0 fully saturated rings. The fourth-order valence-corrected chi connectivity index (χ4v) is 2.61. The number of nitrogens with zero attached hydrogens (tertiary/aromatic N) is 4. The molecule has 0 amide bonds. The highest BCUT2D eigenvalue weighted by Gasteiger charge is 2.21. The lowest BCUT2D eigenvalue weighted by Gasteiger charge is -2.21. The molecule has 162 valence electrons. The molecule has 1 heterocycles. The number of hydrogen-bond donors (Lipinski definition) is 1. The van der Waals surface area contributed by atoms with Crippen molar-refractivity contribution in [3.05, 3.63) is 35.5 Å². The van der Waals surface area contributed by atoms with Crippen molar-refractivity contribution in [2.24, 2.45) is 4.99 Å². The largest absolute Gasteiger partial charge is 0.493 e. The predicted molar refractivity (Wildman–Crippen MR) is 124 cm³/mol. The lowest BCUT2D eigenvalue weighted by molar-refractivity contribution is 0.318. The second kappa shape index (κ2) is 11.2. The first-order chi connectivity index (χ1) is 13.3. The van der Waals surface area contributed by atoms with Crippen LogP contribution in [-0.2, 0) is 18.4 Å². The zero-order valence-electron chi connectivity index (χ0n) is 18.3. The first kappa shape index (κ1) is 25.0. The van der Waals surface area contributed by atoms with Gasteiger partial charge in [-0.1, -0.05) is 32.0 Å². The summed E-state index contributed by atoms with van der Waals surface area (Å²) in [6.07, 6.45) is 0.841. The molecule has 1 N–H and O–H groups in total. The summed E-state index contributed by atoms with van der Waals surface area (Å²) in [5.41, 5.74) is 0.997. The van der Waals surface area contributed by atoms with Gasteiger partial charge in [0.05, 0.1) is 20.8 Å². The van der Waals surface area contributed by atoms with Crippen LogP contribution >= 0.6 is 24.0 Å². The Morgan fingerprint density at radius 1 is 1.21 bits per heavy atom. The zero-order valence-corrected chi connectivity index (χ0v) is 20.6. The van der Waals surface area contributed by atoms with Crippen LogP contribution in [0.25, 0.3) is 0 Å². The van der Waals surface area contributed by atoms with Crippen molar-refractivity contribution < 1.29 is 14.0 Å². The minimum absolute atomic E-state index is 0. The van der Waals surface area contributed by atoms with Crippen molar-refractivity contribution in [2.75, 3.05) is 34.9 Å². The fraction of sp³-hybridized carbons (Fsp3) is 0.550. The number of halogens is 1. The van der Waals surface area contributed by atoms with Crippen LogP contribution in [0.5, 0.6) is 11.5 Å².